The molecular weight excluding hydrogens is 316 g/mol. The molecule has 3 nitrogen and oxygen atoms in total. The zero-order valence-corrected chi connectivity index (χ0v) is 12.9. The molecule has 0 aliphatic carbocycles. The van der Waals surface area contributed by atoms with Crippen LogP contribution in [0.4, 0.5) is 5.69 Å². The zero-order chi connectivity index (χ0) is 14.5. The predicted octanol–water partition coefficient (Wildman–Crippen LogP) is 3.45. The third kappa shape index (κ3) is 4.10. The number of rotatable bonds is 4. The van der Waals surface area contributed by atoms with Crippen molar-refractivity contribution in [2.45, 2.75) is 19.4 Å². The minimum absolute atomic E-state index is 0.00208. The number of nitrogens with one attached hydrogen (secondary N) is 1. The Labute approximate surface area is 127 Å². The number of halogens is 1. The predicted molar refractivity (Wildman–Crippen MR) is 85.3 cm³/mol. The van der Waals surface area contributed by atoms with Crippen molar-refractivity contribution in [1.82, 2.24) is 5.32 Å². The molecule has 2 aromatic carbocycles. The molecule has 0 aromatic heterocycles. The number of nitrogen functional groups attached to an aromatic ring is 1. The molecule has 1 amide bonds. The fourth-order valence-electron chi connectivity index (χ4n) is 1.97. The van der Waals surface area contributed by atoms with E-state index < -0.39 is 0 Å². The number of carbonyl (C=O) groups excluding carboxylic acids is 1. The van der Waals surface area contributed by atoms with Gasteiger partial charge in [0.15, 0.2) is 0 Å². The number of hydrogen-bond acceptors (Lipinski definition) is 2. The summed E-state index contributed by atoms with van der Waals surface area (Å²) in [6.45, 7) is 1.97. The molecule has 0 aliphatic heterocycles. The van der Waals surface area contributed by atoms with E-state index in [2.05, 4.69) is 21.2 Å². The normalized spacial score (nSPS) is 11.9. The first kappa shape index (κ1) is 14.6. The third-order valence-corrected chi connectivity index (χ3v) is 3.56. The second-order valence-corrected chi connectivity index (χ2v) is 5.68. The van der Waals surface area contributed by atoms with Gasteiger partial charge >= 0.3 is 0 Å². The SMILES string of the molecule is C[C@H](NC(=O)Cc1ccc(N)cc1)c1cccc(Br)c1. The van der Waals surface area contributed by atoms with Crippen LogP contribution in [0.2, 0.25) is 0 Å². The largest absolute Gasteiger partial charge is 0.399 e. The fraction of sp³-hybridized carbons (Fsp3) is 0.188. The van der Waals surface area contributed by atoms with Crippen molar-refractivity contribution in [3.63, 3.8) is 0 Å². The molecule has 0 radical (unpaired) electrons. The van der Waals surface area contributed by atoms with Crippen LogP contribution in [0.15, 0.2) is 53.0 Å². The molecule has 0 heterocycles. The molecule has 0 aliphatic rings. The molecule has 0 saturated heterocycles. The molecule has 20 heavy (non-hydrogen) atoms. The van der Waals surface area contributed by atoms with Gasteiger partial charge in [0.25, 0.3) is 0 Å². The molecule has 2 rings (SSSR count). The van der Waals surface area contributed by atoms with Gasteiger partial charge < -0.3 is 11.1 Å². The van der Waals surface area contributed by atoms with Crippen LogP contribution in [0, 0.1) is 0 Å². The van der Waals surface area contributed by atoms with E-state index in [4.69, 9.17) is 5.73 Å². The summed E-state index contributed by atoms with van der Waals surface area (Å²) in [6, 6.07) is 15.3. The summed E-state index contributed by atoms with van der Waals surface area (Å²) in [4.78, 5) is 12.0. The summed E-state index contributed by atoms with van der Waals surface area (Å²) in [5.41, 5.74) is 8.36. The first-order valence-electron chi connectivity index (χ1n) is 6.44. The molecule has 0 spiro atoms. The first-order chi connectivity index (χ1) is 9.54. The maximum atomic E-state index is 12.0. The van der Waals surface area contributed by atoms with Crippen molar-refractivity contribution in [3.05, 3.63) is 64.1 Å². The van der Waals surface area contributed by atoms with Crippen LogP contribution in [0.3, 0.4) is 0 Å². The van der Waals surface area contributed by atoms with Gasteiger partial charge in [0.1, 0.15) is 0 Å². The van der Waals surface area contributed by atoms with Gasteiger partial charge in [-0.3, -0.25) is 4.79 Å². The van der Waals surface area contributed by atoms with Crippen molar-refractivity contribution in [1.29, 1.82) is 0 Å². The van der Waals surface area contributed by atoms with E-state index >= 15 is 0 Å². The molecule has 3 N–H and O–H groups in total. The summed E-state index contributed by atoms with van der Waals surface area (Å²) < 4.78 is 1.01. The van der Waals surface area contributed by atoms with Crippen LogP contribution in [0.1, 0.15) is 24.1 Å². The molecule has 104 valence electrons. The van der Waals surface area contributed by atoms with Gasteiger partial charge in [0.05, 0.1) is 12.5 Å². The monoisotopic (exact) mass is 332 g/mol. The minimum atomic E-state index is -0.0196. The highest BCUT2D eigenvalue weighted by molar-refractivity contribution is 9.10. The van der Waals surface area contributed by atoms with Gasteiger partial charge in [0, 0.05) is 10.2 Å². The number of amides is 1. The number of hydrogen-bond donors (Lipinski definition) is 2. The van der Waals surface area contributed by atoms with Crippen LogP contribution in [0.25, 0.3) is 0 Å². The van der Waals surface area contributed by atoms with Gasteiger partial charge in [-0.1, -0.05) is 40.2 Å². The molecule has 0 bridgehead atoms. The van der Waals surface area contributed by atoms with Crippen LogP contribution in [0.5, 0.6) is 0 Å². The highest BCUT2D eigenvalue weighted by atomic mass is 79.9. The quantitative estimate of drug-likeness (QED) is 0.842. The first-order valence-corrected chi connectivity index (χ1v) is 7.23. The Morgan fingerprint density at radius 1 is 1.25 bits per heavy atom. The summed E-state index contributed by atoms with van der Waals surface area (Å²) in [6.07, 6.45) is 0.360. The van der Waals surface area contributed by atoms with Crippen LogP contribution >= 0.6 is 15.9 Å². The molecule has 2 aromatic rings. The average molecular weight is 333 g/mol. The van der Waals surface area contributed by atoms with Crippen molar-refractivity contribution >= 4 is 27.5 Å². The highest BCUT2D eigenvalue weighted by Gasteiger charge is 2.10. The second-order valence-electron chi connectivity index (χ2n) is 4.76. The van der Waals surface area contributed by atoms with Crippen LogP contribution < -0.4 is 11.1 Å². The molecular formula is C16H17BrN2O. The highest BCUT2D eigenvalue weighted by Crippen LogP contribution is 2.18. The molecule has 0 saturated carbocycles. The molecule has 0 fully saturated rings. The Morgan fingerprint density at radius 2 is 1.95 bits per heavy atom. The van der Waals surface area contributed by atoms with E-state index in [0.29, 0.717) is 12.1 Å². The lowest BCUT2D eigenvalue weighted by molar-refractivity contribution is -0.121. The minimum Gasteiger partial charge on any atom is -0.399 e. The Hall–Kier alpha value is -1.81. The van der Waals surface area contributed by atoms with E-state index in [0.717, 1.165) is 15.6 Å². The third-order valence-electron chi connectivity index (χ3n) is 3.07. The summed E-state index contributed by atoms with van der Waals surface area (Å²) in [5.74, 6) is 0.00208. The Kier molecular flexibility index (Phi) is 4.79. The Balaban J connectivity index is 1.95. The Morgan fingerprint density at radius 3 is 2.60 bits per heavy atom. The van der Waals surface area contributed by atoms with Crippen molar-refractivity contribution in [3.8, 4) is 0 Å². The maximum Gasteiger partial charge on any atom is 0.224 e. The van der Waals surface area contributed by atoms with Crippen molar-refractivity contribution in [2.24, 2.45) is 0 Å². The van der Waals surface area contributed by atoms with E-state index in [9.17, 15) is 4.79 Å². The smallest absolute Gasteiger partial charge is 0.224 e. The van der Waals surface area contributed by atoms with Gasteiger partial charge in [0.2, 0.25) is 5.91 Å². The van der Waals surface area contributed by atoms with Crippen molar-refractivity contribution in [2.75, 3.05) is 5.73 Å². The summed E-state index contributed by atoms with van der Waals surface area (Å²) in [5, 5.41) is 3.00. The molecule has 0 unspecified atom stereocenters. The van der Waals surface area contributed by atoms with Gasteiger partial charge in [-0.2, -0.15) is 0 Å². The standard InChI is InChI=1S/C16H17BrN2O/c1-11(13-3-2-4-14(17)10-13)19-16(20)9-12-5-7-15(18)8-6-12/h2-8,10-11H,9,18H2,1H3,(H,19,20)/t11-/m0/s1. The van der Waals surface area contributed by atoms with Crippen LogP contribution in [-0.4, -0.2) is 5.91 Å². The number of carbonyl (C=O) groups is 1. The van der Waals surface area contributed by atoms with E-state index in [1.54, 1.807) is 12.1 Å². The van der Waals surface area contributed by atoms with E-state index in [1.807, 2.05) is 43.3 Å². The topological polar surface area (TPSA) is 55.1 Å². The maximum absolute atomic E-state index is 12.0. The fourth-order valence-corrected chi connectivity index (χ4v) is 2.39. The number of anilines is 1. The van der Waals surface area contributed by atoms with Crippen LogP contribution in [-0.2, 0) is 11.2 Å². The molecule has 1 atom stereocenters. The zero-order valence-electron chi connectivity index (χ0n) is 11.3. The lowest BCUT2D eigenvalue weighted by Crippen LogP contribution is -2.28. The van der Waals surface area contributed by atoms with Crippen molar-refractivity contribution < 1.29 is 4.79 Å². The lowest BCUT2D eigenvalue weighted by atomic mass is 10.1. The molecule has 4 heteroatoms. The second kappa shape index (κ2) is 6.57. The summed E-state index contributed by atoms with van der Waals surface area (Å²) in [7, 11) is 0. The average Bonchev–Trinajstić information content (AvgIpc) is 2.41. The number of benzene rings is 2. The van der Waals surface area contributed by atoms with Gasteiger partial charge in [-0.05, 0) is 42.3 Å². The lowest BCUT2D eigenvalue weighted by Gasteiger charge is -2.14. The summed E-state index contributed by atoms with van der Waals surface area (Å²) >= 11 is 3.43. The number of nitrogens with two attached hydrogens (primary N) is 1. The van der Waals surface area contributed by atoms with Gasteiger partial charge in [-0.25, -0.2) is 0 Å². The Bertz CT molecular complexity index is 596. The van der Waals surface area contributed by atoms with Gasteiger partial charge in [-0.15, -0.1) is 0 Å². The van der Waals surface area contributed by atoms with E-state index in [-0.39, 0.29) is 11.9 Å². The van der Waals surface area contributed by atoms with E-state index in [1.165, 1.54) is 0 Å².